The van der Waals surface area contributed by atoms with Gasteiger partial charge in [0.25, 0.3) is 0 Å². The zero-order valence-electron chi connectivity index (χ0n) is 11.7. The maximum absolute atomic E-state index is 13.5. The molecule has 2 rings (SSSR count). The van der Waals surface area contributed by atoms with Crippen LogP contribution in [0.15, 0.2) is 36.4 Å². The van der Waals surface area contributed by atoms with E-state index < -0.39 is 5.82 Å². The molecule has 108 valence electrons. The summed E-state index contributed by atoms with van der Waals surface area (Å²) in [6.07, 6.45) is 0. The van der Waals surface area contributed by atoms with Crippen LogP contribution in [0.5, 0.6) is 11.5 Å². The van der Waals surface area contributed by atoms with Crippen molar-refractivity contribution in [2.24, 2.45) is 0 Å². The average Bonchev–Trinajstić information content (AvgIpc) is 2.47. The molecule has 0 amide bonds. The van der Waals surface area contributed by atoms with Crippen LogP contribution in [-0.2, 0) is 0 Å². The standard InChI is InChI=1S/C16H14ClFN2O/c1-10(20-2)14-6-5-12(7-15(14)17)21-13-4-3-11(9-19)16(18)8-13/h3-8,10,20H,1-2H3. The number of halogens is 2. The lowest BCUT2D eigenvalue weighted by Gasteiger charge is -2.14. The monoisotopic (exact) mass is 304 g/mol. The van der Waals surface area contributed by atoms with Crippen LogP contribution in [0, 0.1) is 17.1 Å². The van der Waals surface area contributed by atoms with Gasteiger partial charge in [-0.1, -0.05) is 17.7 Å². The first-order valence-corrected chi connectivity index (χ1v) is 6.77. The average molecular weight is 305 g/mol. The van der Waals surface area contributed by atoms with Crippen LogP contribution < -0.4 is 10.1 Å². The van der Waals surface area contributed by atoms with Gasteiger partial charge < -0.3 is 10.1 Å². The van der Waals surface area contributed by atoms with Gasteiger partial charge in [0.1, 0.15) is 23.4 Å². The first-order chi connectivity index (χ1) is 10.0. The lowest BCUT2D eigenvalue weighted by Crippen LogP contribution is -2.12. The number of ether oxygens (including phenoxy) is 1. The number of rotatable bonds is 4. The van der Waals surface area contributed by atoms with Crippen molar-refractivity contribution in [2.45, 2.75) is 13.0 Å². The molecule has 0 saturated heterocycles. The van der Waals surface area contributed by atoms with Crippen molar-refractivity contribution in [1.82, 2.24) is 5.32 Å². The van der Waals surface area contributed by atoms with Crippen LogP contribution in [-0.4, -0.2) is 7.05 Å². The van der Waals surface area contributed by atoms with E-state index >= 15 is 0 Å². The summed E-state index contributed by atoms with van der Waals surface area (Å²) in [6.45, 7) is 2.00. The number of nitrogens with zero attached hydrogens (tertiary/aromatic N) is 1. The molecule has 1 N–H and O–H groups in total. The first-order valence-electron chi connectivity index (χ1n) is 6.39. The molecule has 0 aliphatic rings. The summed E-state index contributed by atoms with van der Waals surface area (Å²) in [6, 6.07) is 11.3. The van der Waals surface area contributed by atoms with Gasteiger partial charge in [-0.15, -0.1) is 0 Å². The molecule has 1 unspecified atom stereocenters. The third-order valence-corrected chi connectivity index (χ3v) is 3.50. The third-order valence-electron chi connectivity index (χ3n) is 3.17. The Hall–Kier alpha value is -2.09. The minimum absolute atomic E-state index is 0.0152. The van der Waals surface area contributed by atoms with E-state index in [2.05, 4.69) is 5.32 Å². The van der Waals surface area contributed by atoms with Crippen LogP contribution in [0.4, 0.5) is 4.39 Å². The lowest BCUT2D eigenvalue weighted by atomic mass is 10.1. The predicted octanol–water partition coefficient (Wildman–Crippen LogP) is 4.42. The van der Waals surface area contributed by atoms with Gasteiger partial charge in [-0.25, -0.2) is 4.39 Å². The molecule has 0 aliphatic heterocycles. The molecule has 1 atom stereocenters. The van der Waals surface area contributed by atoms with Gasteiger partial charge in [0.15, 0.2) is 0 Å². The fourth-order valence-electron chi connectivity index (χ4n) is 1.86. The number of benzene rings is 2. The van der Waals surface area contributed by atoms with Gasteiger partial charge in [0.2, 0.25) is 0 Å². The minimum atomic E-state index is -0.610. The molecule has 0 heterocycles. The SMILES string of the molecule is CNC(C)c1ccc(Oc2ccc(C#N)c(F)c2)cc1Cl. The molecule has 21 heavy (non-hydrogen) atoms. The van der Waals surface area contributed by atoms with Crippen LogP contribution in [0.3, 0.4) is 0 Å². The number of nitriles is 1. The third kappa shape index (κ3) is 3.52. The maximum atomic E-state index is 13.5. The largest absolute Gasteiger partial charge is 0.457 e. The molecular weight excluding hydrogens is 291 g/mol. The smallest absolute Gasteiger partial charge is 0.144 e. The normalized spacial score (nSPS) is 11.8. The van der Waals surface area contributed by atoms with Gasteiger partial charge in [-0.3, -0.25) is 0 Å². The predicted molar refractivity (Wildman–Crippen MR) is 80.1 cm³/mol. The molecule has 0 saturated carbocycles. The van der Waals surface area contributed by atoms with Crippen molar-refractivity contribution in [2.75, 3.05) is 7.05 Å². The summed E-state index contributed by atoms with van der Waals surface area (Å²) in [5.74, 6) is 0.217. The van der Waals surface area contributed by atoms with E-state index in [1.54, 1.807) is 24.3 Å². The fraction of sp³-hybridized carbons (Fsp3) is 0.188. The van der Waals surface area contributed by atoms with Gasteiger partial charge in [-0.05, 0) is 43.8 Å². The highest BCUT2D eigenvalue weighted by molar-refractivity contribution is 6.31. The summed E-state index contributed by atoms with van der Waals surface area (Å²) < 4.78 is 19.1. The molecule has 2 aromatic carbocycles. The van der Waals surface area contributed by atoms with Gasteiger partial charge in [0.05, 0.1) is 5.56 Å². The first kappa shape index (κ1) is 15.3. The van der Waals surface area contributed by atoms with Crippen LogP contribution in [0.1, 0.15) is 24.1 Å². The Bertz CT molecular complexity index is 697. The Balaban J connectivity index is 2.23. The van der Waals surface area contributed by atoms with Gasteiger partial charge in [0, 0.05) is 17.1 Å². The van der Waals surface area contributed by atoms with Crippen molar-refractivity contribution in [1.29, 1.82) is 5.26 Å². The molecule has 0 radical (unpaired) electrons. The summed E-state index contributed by atoms with van der Waals surface area (Å²) >= 11 is 6.21. The van der Waals surface area contributed by atoms with Crippen LogP contribution >= 0.6 is 11.6 Å². The molecule has 0 aromatic heterocycles. The van der Waals surface area contributed by atoms with Crippen molar-refractivity contribution < 1.29 is 9.13 Å². The Kier molecular flexibility index (Phi) is 4.79. The molecule has 5 heteroatoms. The summed E-state index contributed by atoms with van der Waals surface area (Å²) in [5.41, 5.74) is 0.941. The zero-order chi connectivity index (χ0) is 15.4. The molecule has 0 aliphatic carbocycles. The van der Waals surface area contributed by atoms with Crippen molar-refractivity contribution in [3.8, 4) is 17.6 Å². The van der Waals surface area contributed by atoms with Gasteiger partial charge in [-0.2, -0.15) is 5.26 Å². The highest BCUT2D eigenvalue weighted by atomic mass is 35.5. The second-order valence-electron chi connectivity index (χ2n) is 4.55. The van der Waals surface area contributed by atoms with Crippen molar-refractivity contribution in [3.05, 3.63) is 58.4 Å². The molecule has 2 aromatic rings. The minimum Gasteiger partial charge on any atom is -0.457 e. The molecule has 0 spiro atoms. The Morgan fingerprint density at radius 1 is 1.24 bits per heavy atom. The van der Waals surface area contributed by atoms with E-state index in [0.29, 0.717) is 16.5 Å². The Morgan fingerprint density at radius 3 is 2.48 bits per heavy atom. The maximum Gasteiger partial charge on any atom is 0.144 e. The molecular formula is C16H14ClFN2O. The number of nitrogens with one attached hydrogen (secondary N) is 1. The van der Waals surface area contributed by atoms with E-state index in [1.165, 1.54) is 12.1 Å². The summed E-state index contributed by atoms with van der Waals surface area (Å²) in [4.78, 5) is 0. The van der Waals surface area contributed by atoms with E-state index in [9.17, 15) is 4.39 Å². The Morgan fingerprint density at radius 2 is 1.90 bits per heavy atom. The van der Waals surface area contributed by atoms with Crippen molar-refractivity contribution in [3.63, 3.8) is 0 Å². The topological polar surface area (TPSA) is 45.0 Å². The lowest BCUT2D eigenvalue weighted by molar-refractivity contribution is 0.476. The summed E-state index contributed by atoms with van der Waals surface area (Å²) in [7, 11) is 1.85. The van der Waals surface area contributed by atoms with E-state index in [1.807, 2.05) is 20.0 Å². The van der Waals surface area contributed by atoms with Crippen LogP contribution in [0.2, 0.25) is 5.02 Å². The quantitative estimate of drug-likeness (QED) is 0.909. The second kappa shape index (κ2) is 6.57. The van der Waals surface area contributed by atoms with Crippen molar-refractivity contribution >= 4 is 11.6 Å². The highest BCUT2D eigenvalue weighted by Crippen LogP contribution is 2.30. The van der Waals surface area contributed by atoms with Crippen LogP contribution in [0.25, 0.3) is 0 Å². The van der Waals surface area contributed by atoms with Gasteiger partial charge >= 0.3 is 0 Å². The van der Waals surface area contributed by atoms with E-state index in [4.69, 9.17) is 21.6 Å². The number of hydrogen-bond acceptors (Lipinski definition) is 3. The fourth-order valence-corrected chi connectivity index (χ4v) is 2.20. The highest BCUT2D eigenvalue weighted by Gasteiger charge is 2.10. The summed E-state index contributed by atoms with van der Waals surface area (Å²) in [5, 5.41) is 12.4. The van der Waals surface area contributed by atoms with E-state index in [0.717, 1.165) is 5.56 Å². The molecule has 0 bridgehead atoms. The van der Waals surface area contributed by atoms with E-state index in [-0.39, 0.29) is 11.6 Å². The zero-order valence-corrected chi connectivity index (χ0v) is 12.4. The number of hydrogen-bond donors (Lipinski definition) is 1. The molecule has 3 nitrogen and oxygen atoms in total. The Labute approximate surface area is 127 Å². The molecule has 0 fully saturated rings. The second-order valence-corrected chi connectivity index (χ2v) is 4.96.